The van der Waals surface area contributed by atoms with Crippen molar-refractivity contribution >= 4 is 36.5 Å². The lowest BCUT2D eigenvalue weighted by atomic mass is 11.2. The Labute approximate surface area is 131 Å². The largest absolute Gasteiger partial charge is 0.335 e. The van der Waals surface area contributed by atoms with Gasteiger partial charge >= 0.3 is 0 Å². The van der Waals surface area contributed by atoms with E-state index < -0.39 is 36.5 Å². The number of nitrogens with zero attached hydrogens (tertiary/aromatic N) is 4. The molecule has 1 heterocycles. The van der Waals surface area contributed by atoms with Crippen molar-refractivity contribution in [2.24, 2.45) is 0 Å². The molecule has 0 N–H and O–H groups in total. The van der Waals surface area contributed by atoms with Crippen LogP contribution in [0.15, 0.2) is 49.1 Å². The fourth-order valence-electron chi connectivity index (χ4n) is 3.13. The molecule has 0 aromatic heterocycles. The molecular weight excluding hydrogens is 313 g/mol. The van der Waals surface area contributed by atoms with Gasteiger partial charge in [0.25, 0.3) is 0 Å². The SMILES string of the molecule is C=C[Si]1(C=C)N(C)[SiH2]N(C)[SiH2]N(C)[Si](C=C)(C=C)N1C. The highest BCUT2D eigenvalue weighted by Crippen LogP contribution is 2.26. The fourth-order valence-corrected chi connectivity index (χ4v) is 23.0. The maximum Gasteiger partial charge on any atom is 0.245 e. The summed E-state index contributed by atoms with van der Waals surface area (Å²) in [5.74, 6) is 0. The molecule has 0 radical (unpaired) electrons. The van der Waals surface area contributed by atoms with E-state index in [2.05, 4.69) is 94.2 Å². The first-order valence-corrected chi connectivity index (χ1v) is 13.4. The summed E-state index contributed by atoms with van der Waals surface area (Å²) < 4.78 is 10.2. The van der Waals surface area contributed by atoms with Crippen molar-refractivity contribution in [3.05, 3.63) is 49.1 Å². The first-order valence-electron chi connectivity index (χ1n) is 6.74. The summed E-state index contributed by atoms with van der Waals surface area (Å²) in [7, 11) is 3.94. The second-order valence-corrected chi connectivity index (χ2v) is 20.3. The summed E-state index contributed by atoms with van der Waals surface area (Å²) in [5, 5.41) is 0. The van der Waals surface area contributed by atoms with Crippen LogP contribution in [0.2, 0.25) is 0 Å². The first-order chi connectivity index (χ1) is 9.34. The van der Waals surface area contributed by atoms with Gasteiger partial charge in [-0.2, -0.15) is 0 Å². The van der Waals surface area contributed by atoms with Crippen LogP contribution < -0.4 is 0 Å². The molecule has 1 fully saturated rings. The van der Waals surface area contributed by atoms with Crippen LogP contribution in [0, 0.1) is 0 Å². The topological polar surface area (TPSA) is 13.0 Å². The average Bonchev–Trinajstić information content (AvgIpc) is 2.41. The molecule has 1 rings (SSSR count). The molecule has 20 heavy (non-hydrogen) atoms. The molecular formula is C12H28N4Si4. The Kier molecular flexibility index (Phi) is 5.87. The van der Waals surface area contributed by atoms with Crippen molar-refractivity contribution in [3.8, 4) is 0 Å². The van der Waals surface area contributed by atoms with E-state index in [1.165, 1.54) is 0 Å². The van der Waals surface area contributed by atoms with E-state index in [4.69, 9.17) is 0 Å². The van der Waals surface area contributed by atoms with Crippen LogP contribution in [0.1, 0.15) is 0 Å². The van der Waals surface area contributed by atoms with Crippen molar-refractivity contribution in [1.82, 2.24) is 16.9 Å². The second kappa shape index (κ2) is 6.62. The Hall–Kier alpha value is -0.332. The highest BCUT2D eigenvalue weighted by Gasteiger charge is 2.50. The molecule has 0 unspecified atom stereocenters. The van der Waals surface area contributed by atoms with Gasteiger partial charge in [-0.1, -0.05) is 22.8 Å². The summed E-state index contributed by atoms with van der Waals surface area (Å²) in [6, 6.07) is 0. The molecule has 8 heteroatoms. The number of hydrogen-bond acceptors (Lipinski definition) is 4. The summed E-state index contributed by atoms with van der Waals surface area (Å²) in [6.45, 7) is 16.6. The molecule has 112 valence electrons. The van der Waals surface area contributed by atoms with Gasteiger partial charge in [-0.05, 0) is 28.2 Å². The third-order valence-electron chi connectivity index (χ3n) is 4.41. The zero-order chi connectivity index (χ0) is 15.6. The molecule has 0 atom stereocenters. The van der Waals surface area contributed by atoms with Gasteiger partial charge in [-0.3, -0.25) is 0 Å². The van der Waals surface area contributed by atoms with Gasteiger partial charge in [-0.15, -0.1) is 26.3 Å². The monoisotopic (exact) mass is 340 g/mol. The van der Waals surface area contributed by atoms with E-state index >= 15 is 0 Å². The average molecular weight is 341 g/mol. The molecule has 0 amide bonds. The van der Waals surface area contributed by atoms with Crippen molar-refractivity contribution in [2.45, 2.75) is 0 Å². The molecule has 1 aliphatic heterocycles. The normalized spacial score (nSPS) is 27.8. The van der Waals surface area contributed by atoms with Crippen LogP contribution >= 0.6 is 0 Å². The van der Waals surface area contributed by atoms with Gasteiger partial charge in [0.15, 0.2) is 19.7 Å². The summed E-state index contributed by atoms with van der Waals surface area (Å²) in [5.41, 5.74) is 8.54. The second-order valence-electron chi connectivity index (χ2n) is 5.48. The molecule has 0 aromatic carbocycles. The molecule has 0 aliphatic carbocycles. The van der Waals surface area contributed by atoms with Crippen molar-refractivity contribution in [2.75, 3.05) is 28.2 Å². The van der Waals surface area contributed by atoms with Gasteiger partial charge < -0.3 is 16.9 Å². The van der Waals surface area contributed by atoms with Gasteiger partial charge in [-0.25, -0.2) is 0 Å². The summed E-state index contributed by atoms with van der Waals surface area (Å²) in [4.78, 5) is 0. The lowest BCUT2D eigenvalue weighted by molar-refractivity contribution is 0.552. The van der Waals surface area contributed by atoms with Crippen LogP contribution in [0.3, 0.4) is 0 Å². The molecule has 0 aromatic rings. The molecule has 1 aliphatic rings. The zero-order valence-electron chi connectivity index (χ0n) is 13.3. The minimum atomic E-state index is -2.07. The van der Waals surface area contributed by atoms with Crippen LogP contribution in [-0.4, -0.2) is 81.6 Å². The Morgan fingerprint density at radius 2 is 1.00 bits per heavy atom. The summed E-state index contributed by atoms with van der Waals surface area (Å²) in [6.07, 6.45) is 0. The fraction of sp³-hybridized carbons (Fsp3) is 0.333. The molecule has 0 bridgehead atoms. The highest BCUT2D eigenvalue weighted by molar-refractivity contribution is 7.02. The lowest BCUT2D eigenvalue weighted by Gasteiger charge is -2.55. The molecule has 0 spiro atoms. The Morgan fingerprint density at radius 1 is 0.700 bits per heavy atom. The molecule has 1 saturated heterocycles. The Balaban J connectivity index is 3.50. The maximum absolute atomic E-state index is 4.14. The van der Waals surface area contributed by atoms with Gasteiger partial charge in [0, 0.05) is 0 Å². The van der Waals surface area contributed by atoms with E-state index in [1.807, 2.05) is 0 Å². The minimum absolute atomic E-state index is 0.435. The predicted molar refractivity (Wildman–Crippen MR) is 100 cm³/mol. The van der Waals surface area contributed by atoms with E-state index in [-0.39, 0.29) is 0 Å². The van der Waals surface area contributed by atoms with Crippen LogP contribution in [0.5, 0.6) is 0 Å². The van der Waals surface area contributed by atoms with Crippen LogP contribution in [0.4, 0.5) is 0 Å². The van der Waals surface area contributed by atoms with E-state index in [0.717, 1.165) is 0 Å². The van der Waals surface area contributed by atoms with Crippen LogP contribution in [-0.2, 0) is 0 Å². The Morgan fingerprint density at radius 3 is 1.25 bits per heavy atom. The highest BCUT2D eigenvalue weighted by atomic mass is 28.5. The number of rotatable bonds is 4. The third kappa shape index (κ3) is 2.57. The lowest BCUT2D eigenvalue weighted by Crippen LogP contribution is -2.78. The number of hydrogen-bond donors (Lipinski definition) is 0. The Bertz CT molecular complexity index is 362. The van der Waals surface area contributed by atoms with Crippen molar-refractivity contribution < 1.29 is 0 Å². The van der Waals surface area contributed by atoms with Gasteiger partial charge in [0.2, 0.25) is 16.8 Å². The first kappa shape index (κ1) is 17.7. The quantitative estimate of drug-likeness (QED) is 0.640. The third-order valence-corrected chi connectivity index (χ3v) is 20.5. The summed E-state index contributed by atoms with van der Waals surface area (Å²) >= 11 is 0. The van der Waals surface area contributed by atoms with E-state index in [1.54, 1.807) is 0 Å². The van der Waals surface area contributed by atoms with Crippen molar-refractivity contribution in [3.63, 3.8) is 0 Å². The smallest absolute Gasteiger partial charge is 0.245 e. The van der Waals surface area contributed by atoms with Crippen LogP contribution in [0.25, 0.3) is 0 Å². The maximum atomic E-state index is 4.14. The van der Waals surface area contributed by atoms with Gasteiger partial charge in [0.1, 0.15) is 0 Å². The van der Waals surface area contributed by atoms with E-state index in [9.17, 15) is 0 Å². The standard InChI is InChI=1S/C12H28N4Si4/c1-9-19(10-2)14(6)17-13(5)18-15(7)20(11-3,12-4)16(19)8/h9-12H,1-4,17-18H2,5-8H3. The zero-order valence-corrected chi connectivity index (χ0v) is 18.2. The predicted octanol–water partition coefficient (Wildman–Crippen LogP) is -0.490. The molecule has 0 saturated carbocycles. The minimum Gasteiger partial charge on any atom is -0.335 e. The van der Waals surface area contributed by atoms with E-state index in [0.29, 0.717) is 0 Å². The van der Waals surface area contributed by atoms with Gasteiger partial charge in [0.05, 0.1) is 0 Å². The molecule has 4 nitrogen and oxygen atoms in total. The van der Waals surface area contributed by atoms with Crippen molar-refractivity contribution in [1.29, 1.82) is 0 Å².